The largest absolute Gasteiger partial charge is 0.456 e. The molecule has 0 radical (unpaired) electrons. The minimum absolute atomic E-state index is 0.174. The Morgan fingerprint density at radius 1 is 1.50 bits per heavy atom. The highest BCUT2D eigenvalue weighted by Gasteiger charge is 2.16. The summed E-state index contributed by atoms with van der Waals surface area (Å²) in [5.41, 5.74) is 1.56. The van der Waals surface area contributed by atoms with E-state index in [1.54, 1.807) is 13.0 Å². The van der Waals surface area contributed by atoms with Crippen molar-refractivity contribution in [3.63, 3.8) is 0 Å². The van der Waals surface area contributed by atoms with Gasteiger partial charge in [0.05, 0.1) is 15.0 Å². The van der Waals surface area contributed by atoms with Crippen molar-refractivity contribution in [1.29, 1.82) is 0 Å². The van der Waals surface area contributed by atoms with Crippen LogP contribution in [0.3, 0.4) is 0 Å². The molecule has 0 atom stereocenters. The van der Waals surface area contributed by atoms with Gasteiger partial charge in [0.1, 0.15) is 17.2 Å². The molecular weight excluding hydrogens is 386 g/mol. The number of rotatable bonds is 3. The third-order valence-electron chi connectivity index (χ3n) is 2.38. The monoisotopic (exact) mass is 393 g/mol. The number of ether oxygens (including phenoxy) is 1. The van der Waals surface area contributed by atoms with Crippen LogP contribution < -0.4 is 0 Å². The van der Waals surface area contributed by atoms with Gasteiger partial charge >= 0.3 is 5.97 Å². The highest BCUT2D eigenvalue weighted by molar-refractivity contribution is 9.13. The van der Waals surface area contributed by atoms with Gasteiger partial charge in [0.2, 0.25) is 0 Å². The molecule has 2 rings (SSSR count). The maximum Gasteiger partial charge on any atom is 0.348 e. The number of hydrogen-bond acceptors (Lipinski definition) is 5. The van der Waals surface area contributed by atoms with E-state index in [1.807, 2.05) is 6.92 Å². The average Bonchev–Trinajstić information content (AvgIpc) is 2.82. The van der Waals surface area contributed by atoms with Crippen molar-refractivity contribution in [2.45, 2.75) is 20.5 Å². The predicted octanol–water partition coefficient (Wildman–Crippen LogP) is 4.23. The van der Waals surface area contributed by atoms with Crippen molar-refractivity contribution in [3.05, 3.63) is 36.2 Å². The molecule has 0 saturated heterocycles. The molecule has 0 N–H and O–H groups in total. The molecular formula is C11H9Br2NO3S. The highest BCUT2D eigenvalue weighted by Crippen LogP contribution is 2.32. The normalized spacial score (nSPS) is 10.7. The Bertz CT molecular complexity index is 552. The average molecular weight is 395 g/mol. The second-order valence-electron chi connectivity index (χ2n) is 3.61. The first-order valence-corrected chi connectivity index (χ1v) is 7.43. The second-order valence-corrected chi connectivity index (χ2v) is 6.84. The van der Waals surface area contributed by atoms with Gasteiger partial charge in [-0.05, 0) is 51.8 Å². The number of carbonyl (C=O) groups is 1. The Morgan fingerprint density at radius 2 is 2.22 bits per heavy atom. The van der Waals surface area contributed by atoms with E-state index in [0.717, 1.165) is 19.5 Å². The number of aromatic nitrogens is 1. The van der Waals surface area contributed by atoms with E-state index < -0.39 is 0 Å². The van der Waals surface area contributed by atoms with E-state index in [2.05, 4.69) is 37.0 Å². The highest BCUT2D eigenvalue weighted by atomic mass is 79.9. The standard InChI is InChI=1S/C11H9Br2NO3S/c1-5-7(6(2)17-14-5)4-16-11(15)9-3-8(12)10(13)18-9/h3H,4H2,1-2H3. The lowest BCUT2D eigenvalue weighted by Crippen LogP contribution is -2.04. The van der Waals surface area contributed by atoms with Gasteiger partial charge in [-0.25, -0.2) is 4.79 Å². The Kier molecular flexibility index (Phi) is 4.24. The Balaban J connectivity index is 2.05. The van der Waals surface area contributed by atoms with E-state index >= 15 is 0 Å². The van der Waals surface area contributed by atoms with E-state index in [9.17, 15) is 4.79 Å². The molecule has 0 saturated carbocycles. The number of aryl methyl sites for hydroxylation is 2. The third kappa shape index (κ3) is 2.84. The molecule has 0 aliphatic carbocycles. The van der Waals surface area contributed by atoms with E-state index in [-0.39, 0.29) is 12.6 Å². The van der Waals surface area contributed by atoms with Gasteiger partial charge in [0, 0.05) is 4.47 Å². The summed E-state index contributed by atoms with van der Waals surface area (Å²) in [5.74, 6) is 0.320. The molecule has 96 valence electrons. The number of carbonyl (C=O) groups excluding carboxylic acids is 1. The molecule has 0 amide bonds. The summed E-state index contributed by atoms with van der Waals surface area (Å²) in [4.78, 5) is 12.4. The molecule has 2 aromatic rings. The molecule has 7 heteroatoms. The molecule has 2 aromatic heterocycles. The summed E-state index contributed by atoms with van der Waals surface area (Å²) in [6, 6.07) is 1.73. The summed E-state index contributed by atoms with van der Waals surface area (Å²) < 4.78 is 11.9. The topological polar surface area (TPSA) is 52.3 Å². The fourth-order valence-electron chi connectivity index (χ4n) is 1.36. The first-order valence-electron chi connectivity index (χ1n) is 5.02. The predicted molar refractivity (Wildman–Crippen MR) is 74.8 cm³/mol. The SMILES string of the molecule is Cc1noc(C)c1COC(=O)c1cc(Br)c(Br)s1. The quantitative estimate of drug-likeness (QED) is 0.730. The molecule has 0 aliphatic rings. The van der Waals surface area contributed by atoms with Gasteiger partial charge < -0.3 is 9.26 Å². The van der Waals surface area contributed by atoms with Crippen LogP contribution in [0.1, 0.15) is 26.7 Å². The first-order chi connectivity index (χ1) is 8.49. The van der Waals surface area contributed by atoms with Crippen molar-refractivity contribution >= 4 is 49.2 Å². The van der Waals surface area contributed by atoms with Crippen LogP contribution in [0.25, 0.3) is 0 Å². The molecule has 2 heterocycles. The van der Waals surface area contributed by atoms with Crippen molar-refractivity contribution in [1.82, 2.24) is 5.16 Å². The molecule has 4 nitrogen and oxygen atoms in total. The van der Waals surface area contributed by atoms with Gasteiger partial charge in [0.15, 0.2) is 0 Å². The van der Waals surface area contributed by atoms with Crippen molar-refractivity contribution in [3.8, 4) is 0 Å². The van der Waals surface area contributed by atoms with Crippen LogP contribution >= 0.6 is 43.2 Å². The number of esters is 1. The lowest BCUT2D eigenvalue weighted by Gasteiger charge is -2.02. The molecule has 18 heavy (non-hydrogen) atoms. The molecule has 0 spiro atoms. The van der Waals surface area contributed by atoms with Gasteiger partial charge in [0.25, 0.3) is 0 Å². The lowest BCUT2D eigenvalue weighted by atomic mass is 10.2. The maximum atomic E-state index is 11.8. The van der Waals surface area contributed by atoms with Crippen molar-refractivity contribution in [2.24, 2.45) is 0 Å². The van der Waals surface area contributed by atoms with E-state index in [1.165, 1.54) is 11.3 Å². The lowest BCUT2D eigenvalue weighted by molar-refractivity contribution is 0.0476. The van der Waals surface area contributed by atoms with E-state index in [4.69, 9.17) is 9.26 Å². The molecule has 0 unspecified atom stereocenters. The summed E-state index contributed by atoms with van der Waals surface area (Å²) in [7, 11) is 0. The summed E-state index contributed by atoms with van der Waals surface area (Å²) >= 11 is 7.99. The Morgan fingerprint density at radius 3 is 2.72 bits per heavy atom. The number of halogens is 2. The van der Waals surface area contributed by atoms with Crippen molar-refractivity contribution < 1.29 is 14.1 Å². The summed E-state index contributed by atoms with van der Waals surface area (Å²) in [5, 5.41) is 3.81. The minimum Gasteiger partial charge on any atom is -0.456 e. The minimum atomic E-state index is -0.355. The van der Waals surface area contributed by atoms with Gasteiger partial charge in [-0.1, -0.05) is 5.16 Å². The fourth-order valence-corrected chi connectivity index (χ4v) is 3.29. The van der Waals surface area contributed by atoms with Crippen LogP contribution in [0.5, 0.6) is 0 Å². The van der Waals surface area contributed by atoms with Gasteiger partial charge in [-0.15, -0.1) is 11.3 Å². The van der Waals surface area contributed by atoms with E-state index in [0.29, 0.717) is 10.6 Å². The zero-order valence-electron chi connectivity index (χ0n) is 9.62. The zero-order valence-corrected chi connectivity index (χ0v) is 13.6. The number of nitrogens with zero attached hydrogens (tertiary/aromatic N) is 1. The maximum absolute atomic E-state index is 11.8. The summed E-state index contributed by atoms with van der Waals surface area (Å²) in [6.07, 6.45) is 0. The Hall–Kier alpha value is -0.660. The molecule has 0 bridgehead atoms. The fraction of sp³-hybridized carbons (Fsp3) is 0.273. The van der Waals surface area contributed by atoms with Crippen LogP contribution in [-0.2, 0) is 11.3 Å². The Labute approximate surface area is 125 Å². The number of hydrogen-bond donors (Lipinski definition) is 0. The third-order valence-corrected chi connectivity index (χ3v) is 5.61. The molecule has 0 aliphatic heterocycles. The smallest absolute Gasteiger partial charge is 0.348 e. The zero-order chi connectivity index (χ0) is 13.3. The molecule has 0 fully saturated rings. The molecule has 0 aromatic carbocycles. The van der Waals surface area contributed by atoms with Gasteiger partial charge in [-0.2, -0.15) is 0 Å². The summed E-state index contributed by atoms with van der Waals surface area (Å²) in [6.45, 7) is 3.78. The van der Waals surface area contributed by atoms with Crippen LogP contribution in [0.4, 0.5) is 0 Å². The second kappa shape index (κ2) is 5.54. The van der Waals surface area contributed by atoms with Crippen LogP contribution in [0.2, 0.25) is 0 Å². The van der Waals surface area contributed by atoms with Crippen molar-refractivity contribution in [2.75, 3.05) is 0 Å². The van der Waals surface area contributed by atoms with Crippen LogP contribution in [0, 0.1) is 13.8 Å². The first kappa shape index (κ1) is 13.8. The van der Waals surface area contributed by atoms with Crippen LogP contribution in [-0.4, -0.2) is 11.1 Å². The van der Waals surface area contributed by atoms with Gasteiger partial charge in [-0.3, -0.25) is 0 Å². The van der Waals surface area contributed by atoms with Crippen LogP contribution in [0.15, 0.2) is 18.8 Å². The number of thiophene rings is 1.